The topological polar surface area (TPSA) is 91.4 Å². The molecule has 2 aliphatic rings. The van der Waals surface area contributed by atoms with Crippen molar-refractivity contribution in [2.24, 2.45) is 11.7 Å². The van der Waals surface area contributed by atoms with Crippen molar-refractivity contribution in [2.75, 3.05) is 19.0 Å². The van der Waals surface area contributed by atoms with Crippen molar-refractivity contribution in [1.82, 2.24) is 9.55 Å². The number of nitrogens with zero attached hydrogens (tertiary/aromatic N) is 2. The number of benzene rings is 1. The molecule has 1 aromatic heterocycles. The molecule has 4 rings (SSSR count). The van der Waals surface area contributed by atoms with Gasteiger partial charge in [0.25, 0.3) is 0 Å². The third-order valence-corrected chi connectivity index (χ3v) is 5.13. The Balaban J connectivity index is 1.64. The molecule has 0 radical (unpaired) electrons. The number of hydrogen-bond donors (Lipinski definition) is 2. The third kappa shape index (κ3) is 2.84. The van der Waals surface area contributed by atoms with Gasteiger partial charge in [-0.3, -0.25) is 4.57 Å². The van der Waals surface area contributed by atoms with Gasteiger partial charge in [-0.05, 0) is 50.3 Å². The first-order valence-electron chi connectivity index (χ1n) is 8.64. The van der Waals surface area contributed by atoms with Crippen LogP contribution in [-0.2, 0) is 0 Å². The Morgan fingerprint density at radius 3 is 2.84 bits per heavy atom. The maximum absolute atomic E-state index is 12.5. The number of para-hydroxylation sites is 1. The molecule has 25 heavy (non-hydrogen) atoms. The molecule has 1 aliphatic heterocycles. The summed E-state index contributed by atoms with van der Waals surface area (Å²) in [5.41, 5.74) is 6.18. The zero-order valence-corrected chi connectivity index (χ0v) is 14.2. The first-order valence-corrected chi connectivity index (χ1v) is 8.64. The summed E-state index contributed by atoms with van der Waals surface area (Å²) in [4.78, 5) is 16.7. The van der Waals surface area contributed by atoms with Gasteiger partial charge in [-0.1, -0.05) is 6.07 Å². The van der Waals surface area contributed by atoms with Crippen LogP contribution in [0.15, 0.2) is 29.2 Å². The SMILES string of the molecule is COc1cccc2c1Nc1nc(=O)n(C3CCC(CN)CC3)cc1O2. The molecule has 0 bridgehead atoms. The molecule has 1 aliphatic carbocycles. The number of ether oxygens (including phenoxy) is 2. The lowest BCUT2D eigenvalue weighted by Gasteiger charge is -2.30. The molecule has 0 atom stereocenters. The number of methoxy groups -OCH3 is 1. The average molecular weight is 342 g/mol. The molecule has 2 heterocycles. The van der Waals surface area contributed by atoms with E-state index in [1.807, 2.05) is 18.2 Å². The molecule has 1 fully saturated rings. The number of fused-ring (bicyclic) bond motifs is 2. The van der Waals surface area contributed by atoms with Crippen molar-refractivity contribution in [3.63, 3.8) is 0 Å². The molecule has 3 N–H and O–H groups in total. The fourth-order valence-corrected chi connectivity index (χ4v) is 3.66. The molecular weight excluding hydrogens is 320 g/mol. The average Bonchev–Trinajstić information content (AvgIpc) is 2.65. The quantitative estimate of drug-likeness (QED) is 0.760. The lowest BCUT2D eigenvalue weighted by molar-refractivity contribution is 0.271. The molecule has 1 saturated carbocycles. The molecule has 132 valence electrons. The smallest absolute Gasteiger partial charge is 0.350 e. The second-order valence-electron chi connectivity index (χ2n) is 6.61. The Bertz CT molecular complexity index is 841. The third-order valence-electron chi connectivity index (χ3n) is 5.13. The molecule has 0 spiro atoms. The highest BCUT2D eigenvalue weighted by Gasteiger charge is 2.26. The van der Waals surface area contributed by atoms with Gasteiger partial charge in [0, 0.05) is 6.04 Å². The highest BCUT2D eigenvalue weighted by atomic mass is 16.5. The van der Waals surface area contributed by atoms with E-state index in [-0.39, 0.29) is 11.7 Å². The van der Waals surface area contributed by atoms with Crippen molar-refractivity contribution >= 4 is 11.5 Å². The van der Waals surface area contributed by atoms with Crippen LogP contribution in [0.1, 0.15) is 31.7 Å². The van der Waals surface area contributed by atoms with E-state index in [2.05, 4.69) is 10.3 Å². The van der Waals surface area contributed by atoms with Gasteiger partial charge in [-0.2, -0.15) is 4.98 Å². The predicted molar refractivity (Wildman–Crippen MR) is 94.9 cm³/mol. The van der Waals surface area contributed by atoms with Gasteiger partial charge in [0.2, 0.25) is 0 Å². The maximum Gasteiger partial charge on any atom is 0.350 e. The van der Waals surface area contributed by atoms with Crippen LogP contribution in [0.2, 0.25) is 0 Å². The Morgan fingerprint density at radius 1 is 1.32 bits per heavy atom. The standard InChI is InChI=1S/C18H22N4O3/c1-24-13-3-2-4-14-16(13)20-17-15(25-14)10-22(18(23)21-17)12-7-5-11(9-19)6-8-12/h2-4,10-12H,5-9,19H2,1H3,(H,20,21,23). The first-order chi connectivity index (χ1) is 12.2. The summed E-state index contributed by atoms with van der Waals surface area (Å²) < 4.78 is 13.0. The lowest BCUT2D eigenvalue weighted by Crippen LogP contribution is -2.31. The normalized spacial score (nSPS) is 21.5. The van der Waals surface area contributed by atoms with Crippen molar-refractivity contribution in [3.8, 4) is 17.2 Å². The van der Waals surface area contributed by atoms with E-state index in [0.29, 0.717) is 34.7 Å². The number of anilines is 2. The van der Waals surface area contributed by atoms with Crippen LogP contribution in [-0.4, -0.2) is 23.2 Å². The first kappa shape index (κ1) is 16.0. The van der Waals surface area contributed by atoms with Crippen LogP contribution in [0.5, 0.6) is 17.2 Å². The Hall–Kier alpha value is -2.54. The minimum Gasteiger partial charge on any atom is -0.494 e. The molecule has 1 aromatic carbocycles. The van der Waals surface area contributed by atoms with Crippen LogP contribution in [0, 0.1) is 5.92 Å². The number of aromatic nitrogens is 2. The number of rotatable bonds is 3. The predicted octanol–water partition coefficient (Wildman–Crippen LogP) is 2.79. The van der Waals surface area contributed by atoms with E-state index in [1.54, 1.807) is 17.9 Å². The summed E-state index contributed by atoms with van der Waals surface area (Å²) in [5, 5.41) is 3.16. The van der Waals surface area contributed by atoms with E-state index in [9.17, 15) is 4.79 Å². The van der Waals surface area contributed by atoms with Gasteiger partial charge in [0.05, 0.1) is 13.3 Å². The summed E-state index contributed by atoms with van der Waals surface area (Å²) >= 11 is 0. The van der Waals surface area contributed by atoms with Crippen LogP contribution < -0.4 is 26.2 Å². The molecule has 0 amide bonds. The summed E-state index contributed by atoms with van der Waals surface area (Å²) in [7, 11) is 1.59. The molecule has 0 saturated heterocycles. The van der Waals surface area contributed by atoms with Gasteiger partial charge >= 0.3 is 5.69 Å². The summed E-state index contributed by atoms with van der Waals surface area (Å²) in [6, 6.07) is 5.71. The largest absolute Gasteiger partial charge is 0.494 e. The van der Waals surface area contributed by atoms with E-state index in [1.165, 1.54) is 0 Å². The second kappa shape index (κ2) is 6.40. The maximum atomic E-state index is 12.5. The van der Waals surface area contributed by atoms with Crippen LogP contribution in [0.25, 0.3) is 0 Å². The molecule has 7 heteroatoms. The Kier molecular flexibility index (Phi) is 4.09. The van der Waals surface area contributed by atoms with Gasteiger partial charge in [-0.15, -0.1) is 0 Å². The minimum atomic E-state index is -0.260. The fourth-order valence-electron chi connectivity index (χ4n) is 3.66. The van der Waals surface area contributed by atoms with Gasteiger partial charge in [-0.25, -0.2) is 4.79 Å². The van der Waals surface area contributed by atoms with Crippen molar-refractivity contribution in [1.29, 1.82) is 0 Å². The fraction of sp³-hybridized carbons (Fsp3) is 0.444. The molecule has 0 unspecified atom stereocenters. The minimum absolute atomic E-state index is 0.156. The van der Waals surface area contributed by atoms with E-state index < -0.39 is 0 Å². The van der Waals surface area contributed by atoms with E-state index in [4.69, 9.17) is 15.2 Å². The van der Waals surface area contributed by atoms with Gasteiger partial charge in [0.1, 0.15) is 11.4 Å². The number of nitrogens with one attached hydrogen (secondary N) is 1. The Morgan fingerprint density at radius 2 is 2.12 bits per heavy atom. The zero-order valence-electron chi connectivity index (χ0n) is 14.2. The van der Waals surface area contributed by atoms with E-state index in [0.717, 1.165) is 32.2 Å². The lowest BCUT2D eigenvalue weighted by atomic mass is 9.86. The number of nitrogens with two attached hydrogens (primary N) is 1. The number of hydrogen-bond acceptors (Lipinski definition) is 6. The van der Waals surface area contributed by atoms with Crippen LogP contribution >= 0.6 is 0 Å². The molecule has 7 nitrogen and oxygen atoms in total. The molecular formula is C18H22N4O3. The van der Waals surface area contributed by atoms with Crippen molar-refractivity contribution in [3.05, 3.63) is 34.9 Å². The summed E-state index contributed by atoms with van der Waals surface area (Å²) in [5.74, 6) is 2.85. The van der Waals surface area contributed by atoms with Gasteiger partial charge in [0.15, 0.2) is 17.3 Å². The second-order valence-corrected chi connectivity index (χ2v) is 6.61. The zero-order chi connectivity index (χ0) is 17.4. The highest BCUT2D eigenvalue weighted by molar-refractivity contribution is 5.77. The Labute approximate surface area is 145 Å². The highest BCUT2D eigenvalue weighted by Crippen LogP contribution is 2.45. The van der Waals surface area contributed by atoms with Crippen molar-refractivity contribution in [2.45, 2.75) is 31.7 Å². The van der Waals surface area contributed by atoms with Crippen molar-refractivity contribution < 1.29 is 9.47 Å². The van der Waals surface area contributed by atoms with E-state index >= 15 is 0 Å². The van der Waals surface area contributed by atoms with Gasteiger partial charge < -0.3 is 20.5 Å². The molecule has 2 aromatic rings. The monoisotopic (exact) mass is 342 g/mol. The van der Waals surface area contributed by atoms with Crippen LogP contribution in [0.3, 0.4) is 0 Å². The summed E-state index contributed by atoms with van der Waals surface area (Å²) in [6.07, 6.45) is 5.75. The summed E-state index contributed by atoms with van der Waals surface area (Å²) in [6.45, 7) is 0.718. The van der Waals surface area contributed by atoms with Crippen LogP contribution in [0.4, 0.5) is 11.5 Å².